The number of hydrogen-bond donors (Lipinski definition) is 1. The minimum absolute atomic E-state index is 0.0588. The molecule has 0 aliphatic carbocycles. The lowest BCUT2D eigenvalue weighted by Crippen LogP contribution is -2.45. The van der Waals surface area contributed by atoms with Crippen molar-refractivity contribution in [3.8, 4) is 0 Å². The summed E-state index contributed by atoms with van der Waals surface area (Å²) in [5.74, 6) is -0.897. The lowest BCUT2D eigenvalue weighted by atomic mass is 9.99. The van der Waals surface area contributed by atoms with Crippen LogP contribution >= 0.6 is 0 Å². The van der Waals surface area contributed by atoms with Crippen LogP contribution in [0.3, 0.4) is 0 Å². The number of nitrogens with one attached hydrogen (secondary N) is 1. The summed E-state index contributed by atoms with van der Waals surface area (Å²) >= 11 is 0. The molecule has 2 rings (SSSR count). The SMILES string of the molecule is CCCNC(=O)C1CCCN(S(=O)(=O)c2ccc(F)cc2)C1. The van der Waals surface area contributed by atoms with Gasteiger partial charge in [0.15, 0.2) is 0 Å². The summed E-state index contributed by atoms with van der Waals surface area (Å²) in [6, 6.07) is 4.77. The van der Waals surface area contributed by atoms with Gasteiger partial charge in [-0.25, -0.2) is 12.8 Å². The average molecular weight is 328 g/mol. The molecule has 1 N–H and O–H groups in total. The van der Waals surface area contributed by atoms with Crippen molar-refractivity contribution in [3.63, 3.8) is 0 Å². The highest BCUT2D eigenvalue weighted by Gasteiger charge is 2.33. The van der Waals surface area contributed by atoms with Crippen LogP contribution in [0.2, 0.25) is 0 Å². The lowest BCUT2D eigenvalue weighted by molar-refractivity contribution is -0.126. The van der Waals surface area contributed by atoms with Gasteiger partial charge in [0.1, 0.15) is 5.82 Å². The molecular weight excluding hydrogens is 307 g/mol. The molecule has 1 amide bonds. The summed E-state index contributed by atoms with van der Waals surface area (Å²) in [6.45, 7) is 3.12. The number of rotatable bonds is 5. The molecule has 1 saturated heterocycles. The molecule has 1 aliphatic heterocycles. The fraction of sp³-hybridized carbons (Fsp3) is 0.533. The Labute approximate surface area is 130 Å². The van der Waals surface area contributed by atoms with E-state index in [2.05, 4.69) is 5.32 Å². The van der Waals surface area contributed by atoms with Crippen LogP contribution in [-0.2, 0) is 14.8 Å². The van der Waals surface area contributed by atoms with Gasteiger partial charge in [-0.05, 0) is 43.5 Å². The normalized spacial score (nSPS) is 19.8. The van der Waals surface area contributed by atoms with E-state index in [1.165, 1.54) is 16.4 Å². The number of piperidine rings is 1. The van der Waals surface area contributed by atoms with Crippen molar-refractivity contribution in [3.05, 3.63) is 30.1 Å². The number of hydrogen-bond acceptors (Lipinski definition) is 3. The Morgan fingerprint density at radius 2 is 2.05 bits per heavy atom. The van der Waals surface area contributed by atoms with E-state index in [4.69, 9.17) is 0 Å². The Balaban J connectivity index is 2.11. The van der Waals surface area contributed by atoms with Gasteiger partial charge in [0, 0.05) is 19.6 Å². The predicted molar refractivity (Wildman–Crippen MR) is 81.2 cm³/mol. The second kappa shape index (κ2) is 7.19. The van der Waals surface area contributed by atoms with E-state index >= 15 is 0 Å². The van der Waals surface area contributed by atoms with Gasteiger partial charge in [0.2, 0.25) is 15.9 Å². The average Bonchev–Trinajstić information content (AvgIpc) is 2.53. The van der Waals surface area contributed by atoms with Gasteiger partial charge in [0.05, 0.1) is 10.8 Å². The first kappa shape index (κ1) is 16.9. The molecular formula is C15H21FN2O3S. The van der Waals surface area contributed by atoms with E-state index in [1.807, 2.05) is 6.92 Å². The van der Waals surface area contributed by atoms with Crippen molar-refractivity contribution in [1.29, 1.82) is 0 Å². The van der Waals surface area contributed by atoms with Gasteiger partial charge < -0.3 is 5.32 Å². The van der Waals surface area contributed by atoms with Crippen molar-refractivity contribution in [1.82, 2.24) is 9.62 Å². The highest BCUT2D eigenvalue weighted by atomic mass is 32.2. The summed E-state index contributed by atoms with van der Waals surface area (Å²) in [5, 5.41) is 2.81. The number of benzene rings is 1. The van der Waals surface area contributed by atoms with E-state index < -0.39 is 15.8 Å². The Morgan fingerprint density at radius 1 is 1.36 bits per heavy atom. The molecule has 0 aromatic heterocycles. The second-order valence-electron chi connectivity index (χ2n) is 5.45. The van der Waals surface area contributed by atoms with Crippen LogP contribution in [0.4, 0.5) is 4.39 Å². The fourth-order valence-electron chi connectivity index (χ4n) is 2.52. The molecule has 5 nitrogen and oxygen atoms in total. The molecule has 1 aromatic carbocycles. The second-order valence-corrected chi connectivity index (χ2v) is 7.39. The Hall–Kier alpha value is -1.47. The molecule has 1 aromatic rings. The van der Waals surface area contributed by atoms with E-state index in [0.717, 1.165) is 18.6 Å². The molecule has 1 fully saturated rings. The van der Waals surface area contributed by atoms with Gasteiger partial charge in [-0.1, -0.05) is 6.92 Å². The quantitative estimate of drug-likeness (QED) is 0.895. The molecule has 0 spiro atoms. The first-order valence-electron chi connectivity index (χ1n) is 7.48. The van der Waals surface area contributed by atoms with Crippen LogP contribution in [-0.4, -0.2) is 38.3 Å². The molecule has 0 bridgehead atoms. The van der Waals surface area contributed by atoms with Crippen LogP contribution < -0.4 is 5.32 Å². The third-order valence-corrected chi connectivity index (χ3v) is 5.63. The highest BCUT2D eigenvalue weighted by molar-refractivity contribution is 7.89. The largest absolute Gasteiger partial charge is 0.356 e. The van der Waals surface area contributed by atoms with E-state index in [1.54, 1.807) is 0 Å². The van der Waals surface area contributed by atoms with Crippen LogP contribution in [0.5, 0.6) is 0 Å². The summed E-state index contributed by atoms with van der Waals surface area (Å²) in [4.78, 5) is 12.1. The summed E-state index contributed by atoms with van der Waals surface area (Å²) in [7, 11) is -3.68. The minimum Gasteiger partial charge on any atom is -0.356 e. The Kier molecular flexibility index (Phi) is 5.52. The molecule has 7 heteroatoms. The Morgan fingerprint density at radius 3 is 2.68 bits per heavy atom. The van der Waals surface area contributed by atoms with Crippen molar-refractivity contribution in [2.75, 3.05) is 19.6 Å². The van der Waals surface area contributed by atoms with Crippen LogP contribution in [0.1, 0.15) is 26.2 Å². The van der Waals surface area contributed by atoms with Crippen molar-refractivity contribution in [2.24, 2.45) is 5.92 Å². The van der Waals surface area contributed by atoms with Gasteiger partial charge in [-0.2, -0.15) is 4.31 Å². The topological polar surface area (TPSA) is 66.5 Å². The third-order valence-electron chi connectivity index (χ3n) is 3.76. The smallest absolute Gasteiger partial charge is 0.243 e. The fourth-order valence-corrected chi connectivity index (χ4v) is 4.05. The number of carbonyl (C=O) groups excluding carboxylic acids is 1. The number of sulfonamides is 1. The highest BCUT2D eigenvalue weighted by Crippen LogP contribution is 2.24. The molecule has 1 atom stereocenters. The molecule has 122 valence electrons. The van der Waals surface area contributed by atoms with E-state index in [-0.39, 0.29) is 23.3 Å². The zero-order valence-corrected chi connectivity index (χ0v) is 13.4. The first-order valence-corrected chi connectivity index (χ1v) is 8.92. The first-order chi connectivity index (χ1) is 10.4. The standard InChI is InChI=1S/C15H21FN2O3S/c1-2-9-17-15(19)12-4-3-10-18(11-12)22(20,21)14-7-5-13(16)6-8-14/h5-8,12H,2-4,9-11H2,1H3,(H,17,19). The Bertz CT molecular complexity index is 616. The van der Waals surface area contributed by atoms with Crippen molar-refractivity contribution >= 4 is 15.9 Å². The molecule has 0 saturated carbocycles. The number of carbonyl (C=O) groups is 1. The van der Waals surface area contributed by atoms with Crippen molar-refractivity contribution < 1.29 is 17.6 Å². The van der Waals surface area contributed by atoms with Gasteiger partial charge >= 0.3 is 0 Å². The molecule has 1 unspecified atom stereocenters. The number of nitrogens with zero attached hydrogens (tertiary/aromatic N) is 1. The van der Waals surface area contributed by atoms with Gasteiger partial charge in [-0.3, -0.25) is 4.79 Å². The van der Waals surface area contributed by atoms with Crippen LogP contribution in [0.15, 0.2) is 29.2 Å². The van der Waals surface area contributed by atoms with E-state index in [9.17, 15) is 17.6 Å². The van der Waals surface area contributed by atoms with Crippen molar-refractivity contribution in [2.45, 2.75) is 31.1 Å². The molecule has 1 aliphatic rings. The molecule has 0 radical (unpaired) electrons. The van der Waals surface area contributed by atoms with Gasteiger partial charge in [0.25, 0.3) is 0 Å². The minimum atomic E-state index is -3.68. The summed E-state index contributed by atoms with van der Waals surface area (Å²) in [6.07, 6.45) is 2.17. The summed E-state index contributed by atoms with van der Waals surface area (Å²) in [5.41, 5.74) is 0. The number of halogens is 1. The van der Waals surface area contributed by atoms with Crippen LogP contribution in [0, 0.1) is 11.7 Å². The number of amides is 1. The third kappa shape index (κ3) is 3.84. The molecule has 1 heterocycles. The molecule has 22 heavy (non-hydrogen) atoms. The lowest BCUT2D eigenvalue weighted by Gasteiger charge is -2.31. The zero-order valence-electron chi connectivity index (χ0n) is 12.6. The van der Waals surface area contributed by atoms with Gasteiger partial charge in [-0.15, -0.1) is 0 Å². The van der Waals surface area contributed by atoms with Crippen LogP contribution in [0.25, 0.3) is 0 Å². The summed E-state index contributed by atoms with van der Waals surface area (Å²) < 4.78 is 39.4. The monoisotopic (exact) mass is 328 g/mol. The maximum Gasteiger partial charge on any atom is 0.243 e. The van der Waals surface area contributed by atoms with E-state index in [0.29, 0.717) is 25.9 Å². The maximum absolute atomic E-state index is 12.9. The maximum atomic E-state index is 12.9. The predicted octanol–water partition coefficient (Wildman–Crippen LogP) is 1.75. The zero-order chi connectivity index (χ0) is 16.2.